The van der Waals surface area contributed by atoms with Gasteiger partial charge in [-0.3, -0.25) is 0 Å². The number of anilines is 1. The van der Waals surface area contributed by atoms with Crippen LogP contribution < -0.4 is 5.73 Å². The average Bonchev–Trinajstić information content (AvgIpc) is 2.76. The molecule has 1 heterocycles. The molecule has 2 aromatic carbocycles. The third kappa shape index (κ3) is 2.13. The van der Waals surface area contributed by atoms with Crippen molar-refractivity contribution < 1.29 is 8.81 Å². The number of oxazole rings is 1. The number of aromatic nitrogens is 1. The van der Waals surface area contributed by atoms with Crippen molar-refractivity contribution in [2.75, 3.05) is 5.73 Å². The van der Waals surface area contributed by atoms with E-state index in [4.69, 9.17) is 33.4 Å². The van der Waals surface area contributed by atoms with Crippen molar-refractivity contribution >= 4 is 40.0 Å². The average molecular weight is 297 g/mol. The van der Waals surface area contributed by atoms with Gasteiger partial charge >= 0.3 is 0 Å². The SMILES string of the molecule is Nc1ccc(Cl)c(-c2nc3cc(F)cc(Cl)c3o2)c1. The van der Waals surface area contributed by atoms with Crippen LogP contribution in [0.15, 0.2) is 34.7 Å². The molecule has 0 atom stereocenters. The van der Waals surface area contributed by atoms with E-state index in [1.165, 1.54) is 12.1 Å². The Hall–Kier alpha value is -1.78. The van der Waals surface area contributed by atoms with Gasteiger partial charge in [-0.15, -0.1) is 0 Å². The molecule has 0 saturated carbocycles. The monoisotopic (exact) mass is 296 g/mol. The molecule has 6 heteroatoms. The Bertz CT molecular complexity index is 786. The topological polar surface area (TPSA) is 52.0 Å². The third-order valence-electron chi connectivity index (χ3n) is 2.63. The first-order valence-electron chi connectivity index (χ1n) is 5.35. The summed E-state index contributed by atoms with van der Waals surface area (Å²) < 4.78 is 18.8. The Morgan fingerprint density at radius 2 is 1.89 bits per heavy atom. The highest BCUT2D eigenvalue weighted by Gasteiger charge is 2.15. The van der Waals surface area contributed by atoms with E-state index in [1.54, 1.807) is 18.2 Å². The van der Waals surface area contributed by atoms with Crippen LogP contribution in [0.4, 0.5) is 10.1 Å². The normalized spacial score (nSPS) is 11.1. The summed E-state index contributed by atoms with van der Waals surface area (Å²) in [6, 6.07) is 7.36. The van der Waals surface area contributed by atoms with Gasteiger partial charge in [-0.2, -0.15) is 0 Å². The Morgan fingerprint density at radius 3 is 2.68 bits per heavy atom. The molecule has 3 aromatic rings. The maximum atomic E-state index is 13.2. The Kier molecular flexibility index (Phi) is 2.84. The number of hydrogen-bond donors (Lipinski definition) is 1. The molecule has 96 valence electrons. The number of nitrogens with zero attached hydrogens (tertiary/aromatic N) is 1. The van der Waals surface area contributed by atoms with Gasteiger partial charge < -0.3 is 10.2 Å². The molecule has 0 aliphatic heterocycles. The predicted octanol–water partition coefficient (Wildman–Crippen LogP) is 4.52. The van der Waals surface area contributed by atoms with Crippen molar-refractivity contribution in [3.05, 3.63) is 46.2 Å². The van der Waals surface area contributed by atoms with E-state index in [-0.39, 0.29) is 10.9 Å². The van der Waals surface area contributed by atoms with Crippen molar-refractivity contribution in [3.8, 4) is 11.5 Å². The van der Waals surface area contributed by atoms with Crippen LogP contribution in [-0.2, 0) is 0 Å². The third-order valence-corrected chi connectivity index (χ3v) is 3.24. The van der Waals surface area contributed by atoms with Gasteiger partial charge in [0, 0.05) is 11.8 Å². The van der Waals surface area contributed by atoms with Crippen LogP contribution in [0.1, 0.15) is 0 Å². The van der Waals surface area contributed by atoms with Crippen molar-refractivity contribution in [2.45, 2.75) is 0 Å². The number of nitrogen functional groups attached to an aromatic ring is 1. The van der Waals surface area contributed by atoms with Gasteiger partial charge in [0.2, 0.25) is 5.89 Å². The summed E-state index contributed by atoms with van der Waals surface area (Å²) >= 11 is 12.0. The van der Waals surface area contributed by atoms with E-state index >= 15 is 0 Å². The predicted molar refractivity (Wildman–Crippen MR) is 73.8 cm³/mol. The first kappa shape index (κ1) is 12.3. The van der Waals surface area contributed by atoms with Crippen LogP contribution in [0.25, 0.3) is 22.6 Å². The molecule has 3 nitrogen and oxygen atoms in total. The van der Waals surface area contributed by atoms with Crippen molar-refractivity contribution in [3.63, 3.8) is 0 Å². The molecule has 0 amide bonds. The molecular weight excluding hydrogens is 290 g/mol. The standard InChI is InChI=1S/C13H7Cl2FN2O/c14-9-2-1-7(17)5-8(9)13-18-11-4-6(16)3-10(15)12(11)19-13/h1-5H,17H2. The smallest absolute Gasteiger partial charge is 0.228 e. The summed E-state index contributed by atoms with van der Waals surface area (Å²) in [5.74, 6) is -0.226. The summed E-state index contributed by atoms with van der Waals surface area (Å²) in [7, 11) is 0. The summed E-state index contributed by atoms with van der Waals surface area (Å²) in [6.45, 7) is 0. The molecule has 19 heavy (non-hydrogen) atoms. The maximum Gasteiger partial charge on any atom is 0.228 e. The van der Waals surface area contributed by atoms with Gasteiger partial charge in [0.15, 0.2) is 5.58 Å². The highest BCUT2D eigenvalue weighted by molar-refractivity contribution is 6.35. The van der Waals surface area contributed by atoms with E-state index in [2.05, 4.69) is 4.98 Å². The minimum Gasteiger partial charge on any atom is -0.434 e. The molecule has 0 radical (unpaired) electrons. The van der Waals surface area contributed by atoms with E-state index < -0.39 is 5.82 Å². The Labute approximate surface area is 117 Å². The fourth-order valence-corrected chi connectivity index (χ4v) is 2.22. The number of nitrogens with two attached hydrogens (primary N) is 1. The fourth-order valence-electron chi connectivity index (χ4n) is 1.78. The minimum atomic E-state index is -0.476. The van der Waals surface area contributed by atoms with Gasteiger partial charge in [0.05, 0.1) is 15.6 Å². The van der Waals surface area contributed by atoms with Crippen LogP contribution >= 0.6 is 23.2 Å². The lowest BCUT2D eigenvalue weighted by molar-refractivity contribution is 0.614. The molecule has 0 bridgehead atoms. The fraction of sp³-hybridized carbons (Fsp3) is 0. The van der Waals surface area contributed by atoms with Crippen molar-refractivity contribution in [2.24, 2.45) is 0 Å². The van der Waals surface area contributed by atoms with E-state index in [1.807, 2.05) is 0 Å². The molecule has 0 spiro atoms. The van der Waals surface area contributed by atoms with Crippen LogP contribution in [0.2, 0.25) is 10.0 Å². The van der Waals surface area contributed by atoms with Crippen LogP contribution in [-0.4, -0.2) is 4.98 Å². The zero-order valence-electron chi connectivity index (χ0n) is 9.45. The lowest BCUT2D eigenvalue weighted by Crippen LogP contribution is -1.86. The Morgan fingerprint density at radius 1 is 1.11 bits per heavy atom. The van der Waals surface area contributed by atoms with Gasteiger partial charge in [-0.05, 0) is 24.3 Å². The lowest BCUT2D eigenvalue weighted by atomic mass is 10.2. The first-order chi connectivity index (χ1) is 9.04. The molecule has 0 fully saturated rings. The van der Waals surface area contributed by atoms with Gasteiger partial charge in [0.25, 0.3) is 0 Å². The molecule has 0 unspecified atom stereocenters. The number of hydrogen-bond acceptors (Lipinski definition) is 3. The largest absolute Gasteiger partial charge is 0.434 e. The highest BCUT2D eigenvalue weighted by atomic mass is 35.5. The van der Waals surface area contributed by atoms with Crippen molar-refractivity contribution in [1.82, 2.24) is 4.98 Å². The van der Waals surface area contributed by atoms with Crippen LogP contribution in [0.5, 0.6) is 0 Å². The summed E-state index contributed by atoms with van der Waals surface area (Å²) in [4.78, 5) is 4.18. The zero-order valence-corrected chi connectivity index (χ0v) is 11.0. The summed E-state index contributed by atoms with van der Waals surface area (Å²) in [5.41, 5.74) is 7.41. The molecule has 3 rings (SSSR count). The molecule has 2 N–H and O–H groups in total. The first-order valence-corrected chi connectivity index (χ1v) is 6.11. The maximum absolute atomic E-state index is 13.2. The highest BCUT2D eigenvalue weighted by Crippen LogP contribution is 2.34. The van der Waals surface area contributed by atoms with E-state index in [9.17, 15) is 4.39 Å². The molecule has 0 aliphatic rings. The quantitative estimate of drug-likeness (QED) is 0.672. The number of rotatable bonds is 1. The van der Waals surface area contributed by atoms with Gasteiger partial charge in [-0.25, -0.2) is 9.37 Å². The molecule has 0 aliphatic carbocycles. The lowest BCUT2D eigenvalue weighted by Gasteiger charge is -2.00. The zero-order chi connectivity index (χ0) is 13.6. The molecule has 1 aromatic heterocycles. The minimum absolute atomic E-state index is 0.161. The van der Waals surface area contributed by atoms with Crippen LogP contribution in [0.3, 0.4) is 0 Å². The second-order valence-electron chi connectivity index (χ2n) is 3.99. The van der Waals surface area contributed by atoms with Gasteiger partial charge in [0.1, 0.15) is 11.3 Å². The van der Waals surface area contributed by atoms with Crippen LogP contribution in [0, 0.1) is 5.82 Å². The van der Waals surface area contributed by atoms with E-state index in [0.717, 1.165) is 0 Å². The van der Waals surface area contributed by atoms with Crippen molar-refractivity contribution in [1.29, 1.82) is 0 Å². The number of fused-ring (bicyclic) bond motifs is 1. The summed E-state index contributed by atoms with van der Waals surface area (Å²) in [5, 5.41) is 0.603. The van der Waals surface area contributed by atoms with E-state index in [0.29, 0.717) is 27.4 Å². The Balaban J connectivity index is 2.26. The molecular formula is C13H7Cl2FN2O. The molecule has 0 saturated heterocycles. The number of benzene rings is 2. The second-order valence-corrected chi connectivity index (χ2v) is 4.81. The number of halogens is 3. The summed E-state index contributed by atoms with van der Waals surface area (Å²) in [6.07, 6.45) is 0. The van der Waals surface area contributed by atoms with Gasteiger partial charge in [-0.1, -0.05) is 23.2 Å². The second kappa shape index (κ2) is 4.40.